The van der Waals surface area contributed by atoms with Crippen molar-refractivity contribution in [3.8, 4) is 6.07 Å². The highest BCUT2D eigenvalue weighted by atomic mass is 16.2. The number of amides is 2. The van der Waals surface area contributed by atoms with Crippen LogP contribution in [0.4, 0.5) is 0 Å². The summed E-state index contributed by atoms with van der Waals surface area (Å²) in [6.07, 6.45) is 0. The second-order valence-corrected chi connectivity index (χ2v) is 5.64. The molecule has 0 aromatic carbocycles. The molecule has 0 radical (unpaired) electrons. The number of fused-ring (bicyclic) bond motifs is 1. The Labute approximate surface area is 95.2 Å². The molecule has 3 unspecified atom stereocenters. The standard InChI is InChI=1S/C12H16N2O2/c1-6(2)7(5-13)14-10(15)8-9(11(14)16)12(8,3)4/h6-9H,1-4H3. The first-order valence-corrected chi connectivity index (χ1v) is 5.60. The Morgan fingerprint density at radius 1 is 1.25 bits per heavy atom. The summed E-state index contributed by atoms with van der Waals surface area (Å²) in [5.74, 6) is -0.691. The lowest BCUT2D eigenvalue weighted by atomic mass is 10.0. The largest absolute Gasteiger partial charge is 0.274 e. The highest BCUT2D eigenvalue weighted by Crippen LogP contribution is 2.63. The average Bonchev–Trinajstić information content (AvgIpc) is 2.63. The second-order valence-electron chi connectivity index (χ2n) is 5.64. The average molecular weight is 220 g/mol. The van der Waals surface area contributed by atoms with E-state index >= 15 is 0 Å². The Kier molecular flexibility index (Phi) is 2.13. The minimum atomic E-state index is -0.608. The minimum absolute atomic E-state index is 0.0153. The minimum Gasteiger partial charge on any atom is -0.274 e. The molecule has 86 valence electrons. The van der Waals surface area contributed by atoms with Gasteiger partial charge >= 0.3 is 0 Å². The number of nitrogens with zero attached hydrogens (tertiary/aromatic N) is 2. The Bertz CT molecular complexity index is 382. The maximum atomic E-state index is 12.0. The maximum Gasteiger partial charge on any atom is 0.234 e. The molecular formula is C12H16N2O2. The van der Waals surface area contributed by atoms with Crippen molar-refractivity contribution in [3.63, 3.8) is 0 Å². The van der Waals surface area contributed by atoms with Crippen molar-refractivity contribution < 1.29 is 9.59 Å². The van der Waals surface area contributed by atoms with Crippen molar-refractivity contribution in [2.75, 3.05) is 0 Å². The predicted molar refractivity (Wildman–Crippen MR) is 56.9 cm³/mol. The van der Waals surface area contributed by atoms with Gasteiger partial charge in [-0.3, -0.25) is 14.5 Å². The van der Waals surface area contributed by atoms with Gasteiger partial charge in [0.15, 0.2) is 0 Å². The zero-order valence-electron chi connectivity index (χ0n) is 10.0. The van der Waals surface area contributed by atoms with Gasteiger partial charge in [-0.05, 0) is 11.3 Å². The second kappa shape index (κ2) is 3.07. The number of hydrogen-bond donors (Lipinski definition) is 0. The molecule has 0 spiro atoms. The fraction of sp³-hybridized carbons (Fsp3) is 0.750. The first-order chi connectivity index (χ1) is 7.34. The molecule has 1 aliphatic heterocycles. The molecular weight excluding hydrogens is 204 g/mol. The molecule has 1 saturated carbocycles. The molecule has 0 aromatic heterocycles. The number of carbonyl (C=O) groups excluding carboxylic acids is 2. The van der Waals surface area contributed by atoms with Crippen LogP contribution < -0.4 is 0 Å². The smallest absolute Gasteiger partial charge is 0.234 e. The van der Waals surface area contributed by atoms with Crippen LogP contribution in [0.2, 0.25) is 0 Å². The van der Waals surface area contributed by atoms with Crippen LogP contribution in [0.3, 0.4) is 0 Å². The zero-order chi connectivity index (χ0) is 12.2. The molecule has 1 heterocycles. The SMILES string of the molecule is CC(C)C(C#N)N1C(=O)C2C(C1=O)C2(C)C. The van der Waals surface area contributed by atoms with Crippen molar-refractivity contribution in [1.29, 1.82) is 5.26 Å². The van der Waals surface area contributed by atoms with Gasteiger partial charge in [-0.1, -0.05) is 27.7 Å². The number of piperidine rings is 1. The van der Waals surface area contributed by atoms with Gasteiger partial charge in [0.25, 0.3) is 0 Å². The fourth-order valence-corrected chi connectivity index (χ4v) is 2.75. The molecule has 2 rings (SSSR count). The van der Waals surface area contributed by atoms with Crippen LogP contribution >= 0.6 is 0 Å². The molecule has 16 heavy (non-hydrogen) atoms. The van der Waals surface area contributed by atoms with E-state index in [0.717, 1.165) is 0 Å². The molecule has 4 heteroatoms. The monoisotopic (exact) mass is 220 g/mol. The van der Waals surface area contributed by atoms with Crippen LogP contribution in [0.5, 0.6) is 0 Å². The summed E-state index contributed by atoms with van der Waals surface area (Å²) >= 11 is 0. The van der Waals surface area contributed by atoms with Crippen molar-refractivity contribution in [2.24, 2.45) is 23.2 Å². The lowest BCUT2D eigenvalue weighted by Crippen LogP contribution is -2.45. The van der Waals surface area contributed by atoms with Crippen molar-refractivity contribution in [1.82, 2.24) is 4.90 Å². The summed E-state index contributed by atoms with van der Waals surface area (Å²) in [4.78, 5) is 25.2. The van der Waals surface area contributed by atoms with Gasteiger partial charge in [-0.2, -0.15) is 5.26 Å². The Hall–Kier alpha value is -1.37. The first kappa shape index (κ1) is 11.1. The predicted octanol–water partition coefficient (Wildman–Crippen LogP) is 1.18. The highest BCUT2D eigenvalue weighted by Gasteiger charge is 2.73. The van der Waals surface area contributed by atoms with E-state index in [-0.39, 0.29) is 35.0 Å². The Balaban J connectivity index is 2.27. The molecule has 2 aliphatic rings. The van der Waals surface area contributed by atoms with Crippen molar-refractivity contribution in [3.05, 3.63) is 0 Å². The van der Waals surface area contributed by atoms with Crippen LogP contribution in [-0.2, 0) is 9.59 Å². The summed E-state index contributed by atoms with van der Waals surface area (Å²) < 4.78 is 0. The van der Waals surface area contributed by atoms with E-state index in [9.17, 15) is 9.59 Å². The summed E-state index contributed by atoms with van der Waals surface area (Å²) in [5, 5.41) is 9.03. The molecule has 4 nitrogen and oxygen atoms in total. The molecule has 2 amide bonds. The fourth-order valence-electron chi connectivity index (χ4n) is 2.75. The zero-order valence-corrected chi connectivity index (χ0v) is 10.0. The van der Waals surface area contributed by atoms with E-state index in [0.29, 0.717) is 0 Å². The Morgan fingerprint density at radius 3 is 2.00 bits per heavy atom. The molecule has 3 atom stereocenters. The summed E-state index contributed by atoms with van der Waals surface area (Å²) in [6, 6.07) is 1.45. The molecule has 0 aromatic rings. The molecule has 0 N–H and O–H groups in total. The number of imide groups is 1. The lowest BCUT2D eigenvalue weighted by molar-refractivity contribution is -0.145. The van der Waals surface area contributed by atoms with Gasteiger partial charge in [0.1, 0.15) is 6.04 Å². The summed E-state index contributed by atoms with van der Waals surface area (Å²) in [7, 11) is 0. The Morgan fingerprint density at radius 2 is 1.69 bits per heavy atom. The number of carbonyl (C=O) groups is 2. The molecule has 2 fully saturated rings. The van der Waals surface area contributed by atoms with E-state index in [1.54, 1.807) is 0 Å². The van der Waals surface area contributed by atoms with E-state index in [2.05, 4.69) is 6.07 Å². The summed E-state index contributed by atoms with van der Waals surface area (Å²) in [6.45, 7) is 7.57. The van der Waals surface area contributed by atoms with Crippen molar-refractivity contribution >= 4 is 11.8 Å². The van der Waals surface area contributed by atoms with Crippen LogP contribution in [0.15, 0.2) is 0 Å². The van der Waals surface area contributed by atoms with Crippen molar-refractivity contribution in [2.45, 2.75) is 33.7 Å². The quantitative estimate of drug-likeness (QED) is 0.656. The van der Waals surface area contributed by atoms with Gasteiger partial charge in [0.05, 0.1) is 17.9 Å². The lowest BCUT2D eigenvalue weighted by Gasteiger charge is -2.27. The number of nitriles is 1. The van der Waals surface area contributed by atoms with E-state index < -0.39 is 6.04 Å². The van der Waals surface area contributed by atoms with Gasteiger partial charge in [0, 0.05) is 0 Å². The topological polar surface area (TPSA) is 61.2 Å². The van der Waals surface area contributed by atoms with Crippen LogP contribution in [0.25, 0.3) is 0 Å². The first-order valence-electron chi connectivity index (χ1n) is 5.60. The molecule has 1 saturated heterocycles. The third-order valence-electron chi connectivity index (χ3n) is 3.88. The number of rotatable bonds is 2. The van der Waals surface area contributed by atoms with E-state index in [1.165, 1.54) is 4.90 Å². The van der Waals surface area contributed by atoms with Gasteiger partial charge in [0.2, 0.25) is 11.8 Å². The van der Waals surface area contributed by atoms with E-state index in [1.807, 2.05) is 27.7 Å². The molecule has 1 aliphatic carbocycles. The van der Waals surface area contributed by atoms with E-state index in [4.69, 9.17) is 5.26 Å². The third-order valence-corrected chi connectivity index (χ3v) is 3.88. The van der Waals surface area contributed by atoms with Gasteiger partial charge in [-0.15, -0.1) is 0 Å². The third kappa shape index (κ3) is 1.14. The van der Waals surface area contributed by atoms with Crippen LogP contribution in [0.1, 0.15) is 27.7 Å². The maximum absolute atomic E-state index is 12.0. The van der Waals surface area contributed by atoms with Gasteiger partial charge in [-0.25, -0.2) is 0 Å². The number of likely N-dealkylation sites (tertiary alicyclic amines) is 1. The van der Waals surface area contributed by atoms with Crippen LogP contribution in [-0.4, -0.2) is 22.8 Å². The van der Waals surface area contributed by atoms with Crippen LogP contribution in [0, 0.1) is 34.5 Å². The summed E-state index contributed by atoms with van der Waals surface area (Å²) in [5.41, 5.74) is -0.193. The normalized spacial score (nSPS) is 32.6. The highest BCUT2D eigenvalue weighted by molar-refractivity contribution is 6.10. The number of hydrogen-bond acceptors (Lipinski definition) is 3. The molecule has 0 bridgehead atoms. The van der Waals surface area contributed by atoms with Gasteiger partial charge < -0.3 is 0 Å².